The van der Waals surface area contributed by atoms with Gasteiger partial charge in [0.25, 0.3) is 0 Å². The molecule has 7 rings (SSSR count). The maximum Gasteiger partial charge on any atom is 0.0719 e. The highest BCUT2D eigenvalue weighted by atomic mass is 14.6. The lowest BCUT2D eigenvalue weighted by atomic mass is 9.51. The molecule has 39 heavy (non-hydrogen) atoms. The topological polar surface area (TPSA) is 0 Å². The Balaban J connectivity index is 1.73. The molecule has 0 heterocycles. The Morgan fingerprint density at radius 2 is 0.897 bits per heavy atom. The summed E-state index contributed by atoms with van der Waals surface area (Å²) in [6.07, 6.45) is 6.55. The second-order valence-corrected chi connectivity index (χ2v) is 10.5. The SMILES string of the molecule is C=C1/C(=C\C=C/C)C2(c3ccccc31)c1ccccc1C(c1ccccc1)(c1ccccc1)c1ccccc12. The minimum absolute atomic E-state index is 0.465. The smallest absolute Gasteiger partial charge is 0.0719 e. The number of hydrogen-bond acceptors (Lipinski definition) is 0. The lowest BCUT2D eigenvalue weighted by Crippen LogP contribution is -2.44. The van der Waals surface area contributed by atoms with Crippen LogP contribution in [-0.4, -0.2) is 0 Å². The van der Waals surface area contributed by atoms with Crippen LogP contribution in [0.15, 0.2) is 164 Å². The van der Waals surface area contributed by atoms with Crippen molar-refractivity contribution in [1.29, 1.82) is 0 Å². The Bertz CT molecular complexity index is 1680. The van der Waals surface area contributed by atoms with Crippen molar-refractivity contribution >= 4 is 5.57 Å². The number of benzene rings is 5. The molecule has 0 bridgehead atoms. The molecule has 0 heteroatoms. The van der Waals surface area contributed by atoms with Crippen LogP contribution >= 0.6 is 0 Å². The van der Waals surface area contributed by atoms with Crippen LogP contribution in [-0.2, 0) is 10.8 Å². The molecule has 0 aliphatic heterocycles. The van der Waals surface area contributed by atoms with Gasteiger partial charge >= 0.3 is 0 Å². The number of rotatable bonds is 3. The highest BCUT2D eigenvalue weighted by Gasteiger charge is 2.57. The summed E-state index contributed by atoms with van der Waals surface area (Å²) in [5.74, 6) is 0. The summed E-state index contributed by atoms with van der Waals surface area (Å²) in [6, 6.07) is 49.1. The van der Waals surface area contributed by atoms with Gasteiger partial charge in [-0.1, -0.05) is 158 Å². The van der Waals surface area contributed by atoms with Gasteiger partial charge in [0.1, 0.15) is 0 Å². The fraction of sp³-hybridized carbons (Fsp3) is 0.0769. The average molecular weight is 499 g/mol. The van der Waals surface area contributed by atoms with E-state index in [4.69, 9.17) is 0 Å². The molecule has 0 nitrogen and oxygen atoms in total. The Morgan fingerprint density at radius 1 is 0.487 bits per heavy atom. The van der Waals surface area contributed by atoms with E-state index in [1.807, 2.05) is 0 Å². The van der Waals surface area contributed by atoms with Crippen molar-refractivity contribution in [2.24, 2.45) is 0 Å². The summed E-state index contributed by atoms with van der Waals surface area (Å²) in [4.78, 5) is 0. The van der Waals surface area contributed by atoms with E-state index in [-0.39, 0.29) is 0 Å². The van der Waals surface area contributed by atoms with E-state index in [1.165, 1.54) is 50.1 Å². The molecular weight excluding hydrogens is 468 g/mol. The maximum absolute atomic E-state index is 4.68. The third-order valence-electron chi connectivity index (χ3n) is 8.72. The van der Waals surface area contributed by atoms with Crippen molar-refractivity contribution in [3.8, 4) is 0 Å². The summed E-state index contributed by atoms with van der Waals surface area (Å²) >= 11 is 0. The van der Waals surface area contributed by atoms with Gasteiger partial charge < -0.3 is 0 Å². The highest BCUT2D eigenvalue weighted by Crippen LogP contribution is 2.64. The largest absolute Gasteiger partial charge is 0.0908 e. The van der Waals surface area contributed by atoms with Crippen molar-refractivity contribution in [3.05, 3.63) is 208 Å². The molecule has 0 amide bonds. The van der Waals surface area contributed by atoms with Crippen LogP contribution in [0, 0.1) is 0 Å². The van der Waals surface area contributed by atoms with E-state index in [0.29, 0.717) is 0 Å². The fourth-order valence-corrected chi connectivity index (χ4v) is 7.32. The van der Waals surface area contributed by atoms with Crippen LogP contribution in [0.2, 0.25) is 0 Å². The monoisotopic (exact) mass is 498 g/mol. The average Bonchev–Trinajstić information content (AvgIpc) is 3.26. The minimum atomic E-state index is -0.467. The van der Waals surface area contributed by atoms with E-state index in [0.717, 1.165) is 5.57 Å². The zero-order valence-corrected chi connectivity index (χ0v) is 22.1. The molecule has 0 unspecified atom stereocenters. The molecule has 0 aromatic heterocycles. The molecule has 1 spiro atoms. The molecule has 0 atom stereocenters. The predicted octanol–water partition coefficient (Wildman–Crippen LogP) is 9.25. The van der Waals surface area contributed by atoms with E-state index >= 15 is 0 Å². The summed E-state index contributed by atoms with van der Waals surface area (Å²) in [5, 5.41) is 0. The van der Waals surface area contributed by atoms with Gasteiger partial charge in [0.05, 0.1) is 10.8 Å². The van der Waals surface area contributed by atoms with Gasteiger partial charge in [-0.05, 0) is 62.6 Å². The molecular formula is C39H30. The first kappa shape index (κ1) is 23.4. The first-order chi connectivity index (χ1) is 19.3. The minimum Gasteiger partial charge on any atom is -0.0908 e. The van der Waals surface area contributed by atoms with Gasteiger partial charge in [0.2, 0.25) is 0 Å². The van der Waals surface area contributed by atoms with E-state index in [2.05, 4.69) is 165 Å². The van der Waals surface area contributed by atoms with Gasteiger partial charge in [0, 0.05) is 0 Å². The van der Waals surface area contributed by atoms with Crippen LogP contribution in [0.1, 0.15) is 51.4 Å². The molecule has 5 aromatic carbocycles. The molecule has 0 radical (unpaired) electrons. The van der Waals surface area contributed by atoms with Crippen LogP contribution in [0.3, 0.4) is 0 Å². The van der Waals surface area contributed by atoms with Crippen LogP contribution in [0.5, 0.6) is 0 Å². The van der Waals surface area contributed by atoms with Crippen LogP contribution in [0.4, 0.5) is 0 Å². The summed E-state index contributed by atoms with van der Waals surface area (Å²) in [6.45, 7) is 6.75. The predicted molar refractivity (Wildman–Crippen MR) is 163 cm³/mol. The summed E-state index contributed by atoms with van der Waals surface area (Å²) in [7, 11) is 0. The fourth-order valence-electron chi connectivity index (χ4n) is 7.32. The van der Waals surface area contributed by atoms with Crippen molar-refractivity contribution in [2.75, 3.05) is 0 Å². The van der Waals surface area contributed by atoms with Crippen molar-refractivity contribution in [1.82, 2.24) is 0 Å². The highest BCUT2D eigenvalue weighted by molar-refractivity contribution is 5.95. The Morgan fingerprint density at radius 3 is 1.38 bits per heavy atom. The molecule has 0 N–H and O–H groups in total. The third-order valence-corrected chi connectivity index (χ3v) is 8.72. The molecule has 0 fully saturated rings. The second kappa shape index (κ2) is 8.96. The first-order valence-electron chi connectivity index (χ1n) is 13.7. The zero-order valence-electron chi connectivity index (χ0n) is 22.1. The van der Waals surface area contributed by atoms with Gasteiger partial charge in [-0.25, -0.2) is 0 Å². The van der Waals surface area contributed by atoms with Crippen molar-refractivity contribution < 1.29 is 0 Å². The first-order valence-corrected chi connectivity index (χ1v) is 13.7. The normalized spacial score (nSPS) is 17.3. The van der Waals surface area contributed by atoms with Gasteiger partial charge in [-0.15, -0.1) is 0 Å². The zero-order chi connectivity index (χ0) is 26.5. The van der Waals surface area contributed by atoms with Gasteiger partial charge in [-0.2, -0.15) is 0 Å². The van der Waals surface area contributed by atoms with Crippen LogP contribution < -0.4 is 0 Å². The standard InChI is InChI=1S/C39H30/c1-3-4-22-32-28(2)31-21-11-12-23-33(31)39(32)36-26-15-13-24-34(36)38(29-17-7-5-8-18-29,30-19-9-6-10-20-30)35-25-14-16-27-37(35)39/h3-27H,2H2,1H3/b4-3-,32-22+. The number of hydrogen-bond donors (Lipinski definition) is 0. The van der Waals surface area contributed by atoms with Crippen molar-refractivity contribution in [2.45, 2.75) is 17.8 Å². The number of fused-ring (bicyclic) bond motifs is 6. The van der Waals surface area contributed by atoms with Crippen LogP contribution in [0.25, 0.3) is 5.57 Å². The van der Waals surface area contributed by atoms with E-state index in [1.54, 1.807) is 0 Å². The molecule has 5 aromatic rings. The third kappa shape index (κ3) is 3.00. The Labute approximate surface area is 231 Å². The molecule has 2 aliphatic rings. The molecule has 0 saturated heterocycles. The van der Waals surface area contributed by atoms with Gasteiger partial charge in [-0.3, -0.25) is 0 Å². The molecule has 186 valence electrons. The second-order valence-electron chi connectivity index (χ2n) is 10.5. The maximum atomic E-state index is 4.68. The molecule has 0 saturated carbocycles. The number of allylic oxidation sites excluding steroid dienone is 5. The Kier molecular flexibility index (Phi) is 5.39. The summed E-state index contributed by atoms with van der Waals surface area (Å²) in [5.41, 5.74) is 11.8. The quantitative estimate of drug-likeness (QED) is 0.232. The lowest BCUT2D eigenvalue weighted by Gasteiger charge is -2.50. The lowest BCUT2D eigenvalue weighted by molar-refractivity contribution is 0.624. The Hall–Kier alpha value is -4.68. The summed E-state index contributed by atoms with van der Waals surface area (Å²) < 4.78 is 0. The van der Waals surface area contributed by atoms with E-state index < -0.39 is 10.8 Å². The van der Waals surface area contributed by atoms with Gasteiger partial charge in [0.15, 0.2) is 0 Å². The van der Waals surface area contributed by atoms with Crippen molar-refractivity contribution in [3.63, 3.8) is 0 Å². The van der Waals surface area contributed by atoms with E-state index in [9.17, 15) is 0 Å². The molecule has 2 aliphatic carbocycles.